The molecule has 0 unspecified atom stereocenters. The van der Waals surface area contributed by atoms with E-state index in [-0.39, 0.29) is 17.1 Å². The Morgan fingerprint density at radius 1 is 0.938 bits per heavy atom. The Kier molecular flexibility index (Phi) is 6.85. The first kappa shape index (κ1) is 22.0. The lowest BCUT2D eigenvalue weighted by Crippen LogP contribution is -2.21. The van der Waals surface area contributed by atoms with Gasteiger partial charge in [0.15, 0.2) is 0 Å². The highest BCUT2D eigenvalue weighted by Gasteiger charge is 2.20. The second-order valence-electron chi connectivity index (χ2n) is 8.04. The molecule has 7 heteroatoms. The van der Waals surface area contributed by atoms with Crippen LogP contribution in [0, 0.1) is 0 Å². The molecule has 3 aromatic rings. The normalized spacial score (nSPS) is 13.8. The number of carbonyl (C=O) groups is 1. The van der Waals surface area contributed by atoms with E-state index in [1.807, 2.05) is 30.3 Å². The number of hydrogen-bond donors (Lipinski definition) is 1. The molecule has 1 fully saturated rings. The first-order valence-corrected chi connectivity index (χ1v) is 12.4. The molecule has 0 radical (unpaired) electrons. The fourth-order valence-corrected chi connectivity index (χ4v) is 5.00. The molecule has 4 rings (SSSR count). The highest BCUT2D eigenvalue weighted by Crippen LogP contribution is 2.30. The zero-order chi connectivity index (χ0) is 22.4. The van der Waals surface area contributed by atoms with Crippen LogP contribution in [0.25, 0.3) is 0 Å². The van der Waals surface area contributed by atoms with Gasteiger partial charge in [0.2, 0.25) is 0 Å². The van der Waals surface area contributed by atoms with Crippen molar-refractivity contribution in [3.63, 3.8) is 0 Å². The molecule has 0 amide bonds. The number of aryl methyl sites for hydroxylation is 1. The van der Waals surface area contributed by atoms with Crippen molar-refractivity contribution >= 4 is 27.2 Å². The van der Waals surface area contributed by atoms with Crippen molar-refractivity contribution in [2.45, 2.75) is 37.0 Å². The molecule has 0 bridgehead atoms. The van der Waals surface area contributed by atoms with E-state index in [4.69, 9.17) is 0 Å². The standard InChI is InChI=1S/C25H27N3O3S/c29-22(12-9-21-6-5-15-26-19-21)18-20-10-13-23(14-11-20)32(30,31)27-24-7-1-2-8-25(24)28-16-3-4-17-28/h1-2,5-8,10-11,13-15,19,27H,3-4,9,12,16-18H2. The van der Waals surface area contributed by atoms with Gasteiger partial charge in [-0.25, -0.2) is 8.42 Å². The number of pyridine rings is 1. The van der Waals surface area contributed by atoms with Gasteiger partial charge in [-0.05, 0) is 60.7 Å². The summed E-state index contributed by atoms with van der Waals surface area (Å²) >= 11 is 0. The Bertz CT molecular complexity index is 1160. The molecular formula is C25H27N3O3S. The summed E-state index contributed by atoms with van der Waals surface area (Å²) < 4.78 is 28.7. The number of aromatic nitrogens is 1. The van der Waals surface area contributed by atoms with Gasteiger partial charge in [-0.15, -0.1) is 0 Å². The summed E-state index contributed by atoms with van der Waals surface area (Å²) in [7, 11) is -3.73. The summed E-state index contributed by atoms with van der Waals surface area (Å²) in [6.45, 7) is 1.87. The van der Waals surface area contributed by atoms with Crippen LogP contribution in [0.4, 0.5) is 11.4 Å². The Morgan fingerprint density at radius 2 is 1.69 bits per heavy atom. The van der Waals surface area contributed by atoms with Gasteiger partial charge in [-0.2, -0.15) is 0 Å². The molecule has 166 valence electrons. The number of ketones is 1. The van der Waals surface area contributed by atoms with Crippen molar-refractivity contribution in [2.24, 2.45) is 0 Å². The van der Waals surface area contributed by atoms with Gasteiger partial charge in [0.1, 0.15) is 5.78 Å². The zero-order valence-corrected chi connectivity index (χ0v) is 18.7. The van der Waals surface area contributed by atoms with Crippen molar-refractivity contribution in [3.8, 4) is 0 Å². The highest BCUT2D eigenvalue weighted by molar-refractivity contribution is 7.92. The van der Waals surface area contributed by atoms with Crippen molar-refractivity contribution < 1.29 is 13.2 Å². The average Bonchev–Trinajstić information content (AvgIpc) is 3.34. The van der Waals surface area contributed by atoms with Crippen LogP contribution < -0.4 is 9.62 Å². The van der Waals surface area contributed by atoms with Gasteiger partial charge >= 0.3 is 0 Å². The number of Topliss-reactive ketones (excluding diaryl/α,β-unsaturated/α-hetero) is 1. The molecule has 0 aliphatic carbocycles. The average molecular weight is 450 g/mol. The second-order valence-corrected chi connectivity index (χ2v) is 9.72. The molecule has 2 aromatic carbocycles. The molecule has 1 aromatic heterocycles. The number of carbonyl (C=O) groups excluding carboxylic acids is 1. The molecule has 0 atom stereocenters. The largest absolute Gasteiger partial charge is 0.370 e. The maximum atomic E-state index is 13.0. The molecule has 6 nitrogen and oxygen atoms in total. The molecule has 32 heavy (non-hydrogen) atoms. The summed E-state index contributed by atoms with van der Waals surface area (Å²) in [5, 5.41) is 0. The second kappa shape index (κ2) is 9.96. The lowest BCUT2D eigenvalue weighted by molar-refractivity contribution is -0.118. The van der Waals surface area contributed by atoms with Crippen molar-refractivity contribution in [3.05, 3.63) is 84.2 Å². The van der Waals surface area contributed by atoms with E-state index in [0.29, 0.717) is 18.5 Å². The van der Waals surface area contributed by atoms with Gasteiger partial charge in [-0.3, -0.25) is 14.5 Å². The van der Waals surface area contributed by atoms with E-state index >= 15 is 0 Å². The number of nitrogens with zero attached hydrogens (tertiary/aromatic N) is 2. The number of rotatable bonds is 9. The monoisotopic (exact) mass is 449 g/mol. The number of hydrogen-bond acceptors (Lipinski definition) is 5. The van der Waals surface area contributed by atoms with Crippen LogP contribution in [0.1, 0.15) is 30.4 Å². The van der Waals surface area contributed by atoms with Crippen molar-refractivity contribution in [1.82, 2.24) is 4.98 Å². The van der Waals surface area contributed by atoms with E-state index in [0.717, 1.165) is 42.7 Å². The molecule has 1 saturated heterocycles. The third kappa shape index (κ3) is 5.53. The van der Waals surface area contributed by atoms with Crippen molar-refractivity contribution in [2.75, 3.05) is 22.7 Å². The third-order valence-corrected chi connectivity index (χ3v) is 7.03. The number of benzene rings is 2. The fraction of sp³-hybridized carbons (Fsp3) is 0.280. The minimum absolute atomic E-state index is 0.113. The van der Waals surface area contributed by atoms with E-state index in [9.17, 15) is 13.2 Å². The van der Waals surface area contributed by atoms with Crippen LogP contribution in [0.15, 0.2) is 78.0 Å². The summed E-state index contributed by atoms with van der Waals surface area (Å²) in [4.78, 5) is 18.8. The molecule has 2 heterocycles. The fourth-order valence-electron chi connectivity index (χ4n) is 3.93. The Balaban J connectivity index is 1.39. The predicted octanol–water partition coefficient (Wildman–Crippen LogP) is 4.23. The minimum atomic E-state index is -3.73. The van der Waals surface area contributed by atoms with Crippen LogP contribution >= 0.6 is 0 Å². The molecule has 1 aliphatic rings. The van der Waals surface area contributed by atoms with Crippen LogP contribution in [-0.2, 0) is 27.7 Å². The van der Waals surface area contributed by atoms with E-state index < -0.39 is 10.0 Å². The highest BCUT2D eigenvalue weighted by atomic mass is 32.2. The number of nitrogens with one attached hydrogen (secondary N) is 1. The van der Waals surface area contributed by atoms with Gasteiger partial charge in [-0.1, -0.05) is 30.3 Å². The molecular weight excluding hydrogens is 422 g/mol. The smallest absolute Gasteiger partial charge is 0.261 e. The number of sulfonamides is 1. The summed E-state index contributed by atoms with van der Waals surface area (Å²) in [6.07, 6.45) is 7.07. The Labute approximate surface area is 189 Å². The maximum absolute atomic E-state index is 13.0. The van der Waals surface area contributed by atoms with Gasteiger partial charge in [0, 0.05) is 38.3 Å². The molecule has 1 N–H and O–H groups in total. The van der Waals surface area contributed by atoms with Crippen molar-refractivity contribution in [1.29, 1.82) is 0 Å². The first-order valence-electron chi connectivity index (χ1n) is 10.9. The van der Waals surface area contributed by atoms with Gasteiger partial charge in [0.25, 0.3) is 10.0 Å². The number of para-hydroxylation sites is 2. The summed E-state index contributed by atoms with van der Waals surface area (Å²) in [6, 6.07) is 17.8. The van der Waals surface area contributed by atoms with Gasteiger partial charge < -0.3 is 4.90 Å². The summed E-state index contributed by atoms with van der Waals surface area (Å²) in [5.41, 5.74) is 3.33. The number of anilines is 2. The molecule has 0 spiro atoms. The van der Waals surface area contributed by atoms with E-state index in [1.165, 1.54) is 0 Å². The van der Waals surface area contributed by atoms with Crippen LogP contribution in [-0.4, -0.2) is 32.3 Å². The van der Waals surface area contributed by atoms with Gasteiger partial charge in [0.05, 0.1) is 16.3 Å². The Morgan fingerprint density at radius 3 is 2.41 bits per heavy atom. The third-order valence-electron chi connectivity index (χ3n) is 5.65. The maximum Gasteiger partial charge on any atom is 0.261 e. The van der Waals surface area contributed by atoms with E-state index in [2.05, 4.69) is 14.6 Å². The lowest BCUT2D eigenvalue weighted by Gasteiger charge is -2.21. The summed E-state index contributed by atoms with van der Waals surface area (Å²) in [5.74, 6) is 0.113. The molecule has 0 saturated carbocycles. The topological polar surface area (TPSA) is 79.4 Å². The zero-order valence-electron chi connectivity index (χ0n) is 17.9. The lowest BCUT2D eigenvalue weighted by atomic mass is 10.0. The first-order chi connectivity index (χ1) is 15.5. The minimum Gasteiger partial charge on any atom is -0.370 e. The SMILES string of the molecule is O=C(CCc1cccnc1)Cc1ccc(S(=O)(=O)Nc2ccccc2N2CCCC2)cc1. The van der Waals surface area contributed by atoms with Crippen LogP contribution in [0.3, 0.4) is 0 Å². The Hall–Kier alpha value is -3.19. The molecule has 1 aliphatic heterocycles. The van der Waals surface area contributed by atoms with Crippen LogP contribution in [0.5, 0.6) is 0 Å². The quantitative estimate of drug-likeness (QED) is 0.529. The predicted molar refractivity (Wildman–Crippen MR) is 126 cm³/mol. The van der Waals surface area contributed by atoms with E-state index in [1.54, 1.807) is 42.7 Å². The van der Waals surface area contributed by atoms with Crippen LogP contribution in [0.2, 0.25) is 0 Å².